The molecule has 1 N–H and O–H groups in total. The molecule has 1 aliphatic heterocycles. The van der Waals surface area contributed by atoms with Crippen molar-refractivity contribution in [2.75, 3.05) is 20.1 Å². The van der Waals surface area contributed by atoms with Gasteiger partial charge in [0.1, 0.15) is 0 Å². The van der Waals surface area contributed by atoms with Crippen LogP contribution in [-0.2, 0) is 12.0 Å². The van der Waals surface area contributed by atoms with Gasteiger partial charge in [0.15, 0.2) is 0 Å². The third kappa shape index (κ3) is 3.53. The predicted molar refractivity (Wildman–Crippen MR) is 75.6 cm³/mol. The molecule has 0 saturated carbocycles. The molecule has 0 aliphatic carbocycles. The van der Waals surface area contributed by atoms with E-state index in [1.807, 2.05) is 32.2 Å². The second-order valence-corrected chi connectivity index (χ2v) is 4.73. The Balaban J connectivity index is 0.000000771. The third-order valence-electron chi connectivity index (χ3n) is 3.54. The van der Waals surface area contributed by atoms with E-state index in [1.165, 1.54) is 0 Å². The van der Waals surface area contributed by atoms with Crippen LogP contribution in [-0.4, -0.2) is 35.1 Å². The summed E-state index contributed by atoms with van der Waals surface area (Å²) in [6.07, 6.45) is 4.39. The Bertz CT molecular complexity index is 340. The Hall–Kier alpha value is -0.930. The van der Waals surface area contributed by atoms with Gasteiger partial charge in [-0.3, -0.25) is 4.98 Å². The average Bonchev–Trinajstić information content (AvgIpc) is 2.45. The van der Waals surface area contributed by atoms with Crippen LogP contribution in [0.3, 0.4) is 0 Å². The van der Waals surface area contributed by atoms with E-state index in [-0.39, 0.29) is 0 Å². The van der Waals surface area contributed by atoms with Crippen LogP contribution >= 0.6 is 0 Å². The summed E-state index contributed by atoms with van der Waals surface area (Å²) in [7, 11) is 2.10. The van der Waals surface area contributed by atoms with Crippen molar-refractivity contribution in [2.45, 2.75) is 45.6 Å². The maximum absolute atomic E-state index is 10.6. The summed E-state index contributed by atoms with van der Waals surface area (Å²) in [5, 5.41) is 10.6. The van der Waals surface area contributed by atoms with Gasteiger partial charge in [0, 0.05) is 30.5 Å². The Morgan fingerprint density at radius 1 is 1.28 bits per heavy atom. The fraction of sp³-hybridized carbons (Fsp3) is 0.667. The van der Waals surface area contributed by atoms with Gasteiger partial charge in [-0.2, -0.15) is 0 Å². The van der Waals surface area contributed by atoms with Gasteiger partial charge in [-0.15, -0.1) is 0 Å². The van der Waals surface area contributed by atoms with Crippen molar-refractivity contribution in [2.24, 2.45) is 0 Å². The van der Waals surface area contributed by atoms with E-state index < -0.39 is 5.60 Å². The fourth-order valence-corrected chi connectivity index (χ4v) is 2.19. The Kier molecular flexibility index (Phi) is 5.76. The summed E-state index contributed by atoms with van der Waals surface area (Å²) < 4.78 is 0. The van der Waals surface area contributed by atoms with Crippen molar-refractivity contribution in [1.82, 2.24) is 9.88 Å². The molecule has 18 heavy (non-hydrogen) atoms. The molecular formula is C15H26N2O. The standard InChI is InChI=1S/C13H20N2O.C2H6/c1-3-12-5-4-11(10-14-12)13(16)6-8-15(2)9-7-13;1-2/h4-5,10,16H,3,6-9H2,1-2H3;1-2H3. The van der Waals surface area contributed by atoms with Crippen LogP contribution in [0, 0.1) is 0 Å². The number of hydrogen-bond acceptors (Lipinski definition) is 3. The summed E-state index contributed by atoms with van der Waals surface area (Å²) in [4.78, 5) is 6.62. The summed E-state index contributed by atoms with van der Waals surface area (Å²) in [6, 6.07) is 4.04. The van der Waals surface area contributed by atoms with Crippen molar-refractivity contribution in [3.05, 3.63) is 29.6 Å². The molecular weight excluding hydrogens is 224 g/mol. The minimum absolute atomic E-state index is 0.661. The van der Waals surface area contributed by atoms with Crippen molar-refractivity contribution in [3.63, 3.8) is 0 Å². The van der Waals surface area contributed by atoms with Crippen molar-refractivity contribution < 1.29 is 5.11 Å². The SMILES string of the molecule is CC.CCc1ccc(C2(O)CCN(C)CC2)cn1. The number of aromatic nitrogens is 1. The van der Waals surface area contributed by atoms with E-state index in [4.69, 9.17) is 0 Å². The maximum atomic E-state index is 10.6. The number of rotatable bonds is 2. The van der Waals surface area contributed by atoms with Crippen LogP contribution in [0.5, 0.6) is 0 Å². The zero-order chi connectivity index (χ0) is 13.6. The van der Waals surface area contributed by atoms with E-state index in [0.717, 1.165) is 43.6 Å². The molecule has 0 atom stereocenters. The minimum Gasteiger partial charge on any atom is -0.385 e. The first-order chi connectivity index (χ1) is 8.64. The predicted octanol–water partition coefficient (Wildman–Crippen LogP) is 2.58. The van der Waals surface area contributed by atoms with Crippen molar-refractivity contribution >= 4 is 0 Å². The second-order valence-electron chi connectivity index (χ2n) is 4.73. The monoisotopic (exact) mass is 250 g/mol. The molecule has 2 rings (SSSR count). The molecule has 0 radical (unpaired) electrons. The molecule has 0 amide bonds. The van der Waals surface area contributed by atoms with Crippen LogP contribution < -0.4 is 0 Å². The van der Waals surface area contributed by atoms with Gasteiger partial charge < -0.3 is 10.0 Å². The quantitative estimate of drug-likeness (QED) is 0.876. The van der Waals surface area contributed by atoms with Gasteiger partial charge in [-0.25, -0.2) is 0 Å². The molecule has 2 heterocycles. The Morgan fingerprint density at radius 3 is 2.33 bits per heavy atom. The first-order valence-corrected chi connectivity index (χ1v) is 7.00. The number of piperidine rings is 1. The van der Waals surface area contributed by atoms with Gasteiger partial charge in [0.2, 0.25) is 0 Å². The lowest BCUT2D eigenvalue weighted by molar-refractivity contribution is -0.0205. The minimum atomic E-state index is -0.661. The highest BCUT2D eigenvalue weighted by molar-refractivity contribution is 5.21. The number of hydrogen-bond donors (Lipinski definition) is 1. The molecule has 1 aliphatic rings. The smallest absolute Gasteiger partial charge is 0.0935 e. The molecule has 3 heteroatoms. The van der Waals surface area contributed by atoms with Gasteiger partial charge >= 0.3 is 0 Å². The van der Waals surface area contributed by atoms with E-state index in [2.05, 4.69) is 23.9 Å². The third-order valence-corrected chi connectivity index (χ3v) is 3.54. The first kappa shape index (κ1) is 15.1. The number of aryl methyl sites for hydroxylation is 1. The lowest BCUT2D eigenvalue weighted by Gasteiger charge is -2.36. The lowest BCUT2D eigenvalue weighted by Crippen LogP contribution is -2.40. The van der Waals surface area contributed by atoms with Crippen LogP contribution in [0.4, 0.5) is 0 Å². The largest absolute Gasteiger partial charge is 0.385 e. The highest BCUT2D eigenvalue weighted by Crippen LogP contribution is 2.31. The fourth-order valence-electron chi connectivity index (χ4n) is 2.19. The van der Waals surface area contributed by atoms with Crippen LogP contribution in [0.15, 0.2) is 18.3 Å². The molecule has 0 unspecified atom stereocenters. The lowest BCUT2D eigenvalue weighted by atomic mass is 9.85. The molecule has 1 fully saturated rings. The highest BCUT2D eigenvalue weighted by Gasteiger charge is 2.32. The van der Waals surface area contributed by atoms with Crippen LogP contribution in [0.2, 0.25) is 0 Å². The van der Waals surface area contributed by atoms with Gasteiger partial charge in [-0.05, 0) is 32.4 Å². The van der Waals surface area contributed by atoms with Gasteiger partial charge in [-0.1, -0.05) is 26.8 Å². The molecule has 1 aromatic heterocycles. The number of likely N-dealkylation sites (tertiary alicyclic amines) is 1. The summed E-state index contributed by atoms with van der Waals surface area (Å²) >= 11 is 0. The average molecular weight is 250 g/mol. The molecule has 0 bridgehead atoms. The molecule has 0 aromatic carbocycles. The van der Waals surface area contributed by atoms with E-state index in [0.29, 0.717) is 0 Å². The van der Waals surface area contributed by atoms with Crippen LogP contribution in [0.1, 0.15) is 44.9 Å². The topological polar surface area (TPSA) is 36.4 Å². The molecule has 1 aromatic rings. The highest BCUT2D eigenvalue weighted by atomic mass is 16.3. The van der Waals surface area contributed by atoms with Crippen molar-refractivity contribution in [1.29, 1.82) is 0 Å². The Morgan fingerprint density at radius 2 is 1.89 bits per heavy atom. The Labute approximate surface area is 111 Å². The van der Waals surface area contributed by atoms with Gasteiger partial charge in [0.25, 0.3) is 0 Å². The second kappa shape index (κ2) is 6.86. The molecule has 0 spiro atoms. The molecule has 1 saturated heterocycles. The maximum Gasteiger partial charge on any atom is 0.0935 e. The zero-order valence-electron chi connectivity index (χ0n) is 12.1. The van der Waals surface area contributed by atoms with Gasteiger partial charge in [0.05, 0.1) is 5.60 Å². The zero-order valence-corrected chi connectivity index (χ0v) is 12.1. The first-order valence-electron chi connectivity index (χ1n) is 7.00. The number of pyridine rings is 1. The van der Waals surface area contributed by atoms with E-state index in [9.17, 15) is 5.11 Å². The summed E-state index contributed by atoms with van der Waals surface area (Å²) in [5.74, 6) is 0. The summed E-state index contributed by atoms with van der Waals surface area (Å²) in [5.41, 5.74) is 1.39. The number of aliphatic hydroxyl groups is 1. The van der Waals surface area contributed by atoms with Crippen molar-refractivity contribution in [3.8, 4) is 0 Å². The summed E-state index contributed by atoms with van der Waals surface area (Å²) in [6.45, 7) is 7.99. The molecule has 102 valence electrons. The number of nitrogens with zero attached hydrogens (tertiary/aromatic N) is 2. The molecule has 3 nitrogen and oxygen atoms in total. The normalized spacial score (nSPS) is 18.9. The van der Waals surface area contributed by atoms with E-state index >= 15 is 0 Å². The van der Waals surface area contributed by atoms with E-state index in [1.54, 1.807) is 0 Å². The van der Waals surface area contributed by atoms with Crippen LogP contribution in [0.25, 0.3) is 0 Å².